The molecule has 132 valence electrons. The first-order valence-electron chi connectivity index (χ1n) is 7.14. The molecule has 0 fully saturated rings. The number of aliphatic hydroxyl groups is 1. The minimum atomic E-state index is -5.10. The van der Waals surface area contributed by atoms with E-state index in [1.165, 1.54) is 43.5 Å². The van der Waals surface area contributed by atoms with Crippen molar-refractivity contribution < 1.29 is 27.5 Å². The molecule has 0 unspecified atom stereocenters. The molecule has 1 aliphatic heterocycles. The topological polar surface area (TPSA) is 66.0 Å². The molecule has 1 aliphatic rings. The van der Waals surface area contributed by atoms with Gasteiger partial charge in [0, 0.05) is 5.02 Å². The van der Waals surface area contributed by atoms with Crippen molar-refractivity contribution in [3.05, 3.63) is 58.5 Å². The molecule has 5 nitrogen and oxygen atoms in total. The number of rotatable bonds is 2. The first-order valence-corrected chi connectivity index (χ1v) is 7.52. The molecule has 1 N–H and O–H groups in total. The van der Waals surface area contributed by atoms with Gasteiger partial charge >= 0.3 is 6.18 Å². The molecule has 3 rings (SSSR count). The van der Waals surface area contributed by atoms with Crippen molar-refractivity contribution in [1.29, 1.82) is 0 Å². The van der Waals surface area contributed by atoms with Crippen LogP contribution in [0.15, 0.2) is 46.1 Å². The molecule has 0 aliphatic carbocycles. The Bertz CT molecular complexity index is 845. The summed E-state index contributed by atoms with van der Waals surface area (Å²) in [5, 5.41) is 14.5. The molecule has 1 aromatic carbocycles. The van der Waals surface area contributed by atoms with Crippen LogP contribution in [0.25, 0.3) is 0 Å². The fourth-order valence-electron chi connectivity index (χ4n) is 2.50. The van der Waals surface area contributed by atoms with Crippen molar-refractivity contribution in [3.8, 4) is 0 Å². The Labute approximate surface area is 145 Å². The molecule has 0 saturated carbocycles. The van der Waals surface area contributed by atoms with Gasteiger partial charge in [0.15, 0.2) is 0 Å². The standard InChI is InChI=1S/C16H12ClF3N2O3/c1-9-12(6-7-25-9)14(23)22-15(24,16(18,19)20)8-13(21-22)10-2-4-11(17)5-3-10/h2-7,24H,8H2,1H3/t15-/m0/s1. The summed E-state index contributed by atoms with van der Waals surface area (Å²) in [5.41, 5.74) is -3.30. The zero-order valence-electron chi connectivity index (χ0n) is 12.8. The highest BCUT2D eigenvalue weighted by Gasteiger charge is 2.63. The predicted molar refractivity (Wildman–Crippen MR) is 83.2 cm³/mol. The van der Waals surface area contributed by atoms with Gasteiger partial charge in [-0.25, -0.2) is 0 Å². The van der Waals surface area contributed by atoms with Crippen LogP contribution < -0.4 is 0 Å². The Morgan fingerprint density at radius 3 is 2.48 bits per heavy atom. The second-order valence-corrected chi connectivity index (χ2v) is 5.99. The Kier molecular flexibility index (Phi) is 4.12. The van der Waals surface area contributed by atoms with Crippen LogP contribution in [0.4, 0.5) is 13.2 Å². The number of halogens is 4. The minimum Gasteiger partial charge on any atom is -0.469 e. The van der Waals surface area contributed by atoms with Gasteiger partial charge < -0.3 is 9.52 Å². The van der Waals surface area contributed by atoms with Gasteiger partial charge in [-0.15, -0.1) is 0 Å². The molecular weight excluding hydrogens is 361 g/mol. The van der Waals surface area contributed by atoms with Gasteiger partial charge in [0.25, 0.3) is 11.6 Å². The van der Waals surface area contributed by atoms with E-state index in [4.69, 9.17) is 16.0 Å². The van der Waals surface area contributed by atoms with Crippen LogP contribution in [-0.2, 0) is 0 Å². The predicted octanol–water partition coefficient (Wildman–Crippen LogP) is 3.74. The average Bonchev–Trinajstić information content (AvgIpc) is 3.11. The maximum Gasteiger partial charge on any atom is 0.438 e. The van der Waals surface area contributed by atoms with Gasteiger partial charge in [-0.1, -0.05) is 23.7 Å². The molecule has 0 radical (unpaired) electrons. The summed E-state index contributed by atoms with van der Waals surface area (Å²) in [4.78, 5) is 12.5. The quantitative estimate of drug-likeness (QED) is 0.873. The van der Waals surface area contributed by atoms with Crippen LogP contribution in [0.1, 0.15) is 28.1 Å². The molecule has 25 heavy (non-hydrogen) atoms. The molecule has 0 bridgehead atoms. The fourth-order valence-corrected chi connectivity index (χ4v) is 2.63. The zero-order valence-corrected chi connectivity index (χ0v) is 13.6. The lowest BCUT2D eigenvalue weighted by molar-refractivity contribution is -0.297. The molecule has 1 aromatic heterocycles. The monoisotopic (exact) mass is 372 g/mol. The molecule has 0 saturated heterocycles. The highest BCUT2D eigenvalue weighted by atomic mass is 35.5. The molecule has 0 spiro atoms. The van der Waals surface area contributed by atoms with Crippen LogP contribution in [-0.4, -0.2) is 33.6 Å². The first kappa shape index (κ1) is 17.5. The van der Waals surface area contributed by atoms with E-state index in [9.17, 15) is 23.1 Å². The van der Waals surface area contributed by atoms with Crippen molar-refractivity contribution in [2.24, 2.45) is 5.10 Å². The van der Waals surface area contributed by atoms with Gasteiger partial charge in [-0.05, 0) is 30.7 Å². The van der Waals surface area contributed by atoms with Gasteiger partial charge in [-0.2, -0.15) is 23.3 Å². The number of nitrogens with zero attached hydrogens (tertiary/aromatic N) is 2. The van der Waals surface area contributed by atoms with Gasteiger partial charge in [0.1, 0.15) is 5.76 Å². The highest BCUT2D eigenvalue weighted by molar-refractivity contribution is 6.30. The smallest absolute Gasteiger partial charge is 0.438 e. The minimum absolute atomic E-state index is 0.0643. The average molecular weight is 373 g/mol. The van der Waals surface area contributed by atoms with Gasteiger partial charge in [0.05, 0.1) is 24.0 Å². The number of aryl methyl sites for hydroxylation is 1. The Morgan fingerprint density at radius 1 is 1.32 bits per heavy atom. The molecule has 1 amide bonds. The zero-order chi connectivity index (χ0) is 18.4. The van der Waals surface area contributed by atoms with E-state index in [0.29, 0.717) is 10.6 Å². The molecule has 2 heterocycles. The third kappa shape index (κ3) is 2.91. The number of carbonyl (C=O) groups is 1. The Balaban J connectivity index is 2.05. The van der Waals surface area contributed by atoms with Crippen LogP contribution in [0, 0.1) is 6.92 Å². The van der Waals surface area contributed by atoms with E-state index in [2.05, 4.69) is 5.10 Å². The summed E-state index contributed by atoms with van der Waals surface area (Å²) >= 11 is 5.77. The van der Waals surface area contributed by atoms with Crippen LogP contribution >= 0.6 is 11.6 Å². The second-order valence-electron chi connectivity index (χ2n) is 5.55. The van der Waals surface area contributed by atoms with Crippen LogP contribution in [0.5, 0.6) is 0 Å². The van der Waals surface area contributed by atoms with Crippen LogP contribution in [0.2, 0.25) is 5.02 Å². The third-order valence-corrected chi connectivity index (χ3v) is 4.15. The van der Waals surface area contributed by atoms with Crippen molar-refractivity contribution in [2.75, 3.05) is 0 Å². The Hall–Kier alpha value is -2.32. The van der Waals surface area contributed by atoms with Gasteiger partial charge in [0.2, 0.25) is 0 Å². The van der Waals surface area contributed by atoms with Crippen molar-refractivity contribution in [3.63, 3.8) is 0 Å². The molecular formula is C16H12ClF3N2O3. The normalized spacial score (nSPS) is 20.7. The first-order chi connectivity index (χ1) is 11.6. The number of carbonyl (C=O) groups excluding carboxylic acids is 1. The number of furan rings is 1. The maximum absolute atomic E-state index is 13.5. The lowest BCUT2D eigenvalue weighted by Gasteiger charge is -2.32. The number of alkyl halides is 3. The van der Waals surface area contributed by atoms with Crippen LogP contribution in [0.3, 0.4) is 0 Å². The van der Waals surface area contributed by atoms with Crippen molar-refractivity contribution >= 4 is 23.2 Å². The Morgan fingerprint density at radius 2 is 1.96 bits per heavy atom. The van der Waals surface area contributed by atoms with Gasteiger partial charge in [-0.3, -0.25) is 4.79 Å². The summed E-state index contributed by atoms with van der Waals surface area (Å²) < 4.78 is 45.4. The largest absolute Gasteiger partial charge is 0.469 e. The molecule has 1 atom stereocenters. The summed E-state index contributed by atoms with van der Waals surface area (Å²) in [7, 11) is 0. The number of hydrogen-bond donors (Lipinski definition) is 1. The number of amides is 1. The third-order valence-electron chi connectivity index (χ3n) is 3.90. The summed E-state index contributed by atoms with van der Waals surface area (Å²) in [6.07, 6.45) is -4.81. The SMILES string of the molecule is Cc1occc1C(=O)N1N=C(c2ccc(Cl)cc2)C[C@]1(O)C(F)(F)F. The van der Waals surface area contributed by atoms with E-state index in [0.717, 1.165) is 0 Å². The maximum atomic E-state index is 13.5. The molecule has 2 aromatic rings. The number of benzene rings is 1. The summed E-state index contributed by atoms with van der Waals surface area (Å²) in [6.45, 7) is 1.43. The second kappa shape index (κ2) is 5.89. The van der Waals surface area contributed by atoms with Crippen molar-refractivity contribution in [2.45, 2.75) is 25.2 Å². The number of hydrogen-bond acceptors (Lipinski definition) is 4. The highest BCUT2D eigenvalue weighted by Crippen LogP contribution is 2.42. The lowest BCUT2D eigenvalue weighted by atomic mass is 10.0. The summed E-state index contributed by atoms with van der Waals surface area (Å²) in [6, 6.07) is 7.13. The van der Waals surface area contributed by atoms with E-state index in [-0.39, 0.29) is 22.0 Å². The number of hydrazone groups is 1. The van der Waals surface area contributed by atoms with E-state index >= 15 is 0 Å². The van der Waals surface area contributed by atoms with E-state index < -0.39 is 24.2 Å². The van der Waals surface area contributed by atoms with Crippen molar-refractivity contribution in [1.82, 2.24) is 5.01 Å². The fraction of sp³-hybridized carbons (Fsp3) is 0.250. The lowest BCUT2D eigenvalue weighted by Crippen LogP contribution is -2.56. The summed E-state index contributed by atoms with van der Waals surface area (Å²) in [5.74, 6) is -0.972. The van der Waals surface area contributed by atoms with E-state index in [1.54, 1.807) is 0 Å². The van der Waals surface area contributed by atoms with E-state index in [1.807, 2.05) is 0 Å². The molecule has 9 heteroatoms.